The van der Waals surface area contributed by atoms with Crippen molar-refractivity contribution in [2.24, 2.45) is 0 Å². The van der Waals surface area contributed by atoms with Crippen molar-refractivity contribution in [3.05, 3.63) is 41.7 Å². The van der Waals surface area contributed by atoms with Crippen LogP contribution in [0.25, 0.3) is 16.7 Å². The largest absolute Gasteiger partial charge is 0.376 e. The van der Waals surface area contributed by atoms with E-state index >= 15 is 0 Å². The topological polar surface area (TPSA) is 93.1 Å². The normalized spacial score (nSPS) is 20.3. The third-order valence-corrected chi connectivity index (χ3v) is 4.62. The highest BCUT2D eigenvalue weighted by molar-refractivity contribution is 5.84. The molecule has 4 rings (SSSR count). The molecule has 7 nitrogen and oxygen atoms in total. The fourth-order valence-corrected chi connectivity index (χ4v) is 3.28. The Labute approximate surface area is 151 Å². The van der Waals surface area contributed by atoms with E-state index in [-0.39, 0.29) is 5.95 Å². The number of nitrogen functional groups attached to an aromatic ring is 1. The number of benzene rings is 1. The second-order valence-electron chi connectivity index (χ2n) is 6.77. The maximum atomic E-state index is 10.5. The van der Waals surface area contributed by atoms with Crippen molar-refractivity contribution in [3.63, 3.8) is 0 Å². The van der Waals surface area contributed by atoms with E-state index in [1.807, 2.05) is 32.2 Å². The molecule has 1 fully saturated rings. The van der Waals surface area contributed by atoms with Crippen molar-refractivity contribution >= 4 is 16.9 Å². The molecule has 0 spiro atoms. The highest BCUT2D eigenvalue weighted by Crippen LogP contribution is 2.23. The van der Waals surface area contributed by atoms with Crippen LogP contribution in [0.1, 0.15) is 17.7 Å². The standard InChI is InChI=1S/C19H20N6O/c1-13-15-4-3-14(5-7-19(26)8-10-24(2)12-19)11-16(15)25(23-13)17-6-9-21-18(20)22-17/h3-4,6,9,11,26H,8,10,12H2,1-2H3,(H2,20,21,22). The summed E-state index contributed by atoms with van der Waals surface area (Å²) < 4.78 is 1.74. The number of aryl methyl sites for hydroxylation is 1. The van der Waals surface area contributed by atoms with Gasteiger partial charge in [-0.15, -0.1) is 0 Å². The molecule has 7 heteroatoms. The Bertz CT molecular complexity index is 1050. The predicted octanol–water partition coefficient (Wildman–Crippen LogP) is 1.12. The fourth-order valence-electron chi connectivity index (χ4n) is 3.28. The number of nitrogens with two attached hydrogens (primary N) is 1. The Morgan fingerprint density at radius 2 is 2.15 bits per heavy atom. The van der Waals surface area contributed by atoms with Gasteiger partial charge in [0.15, 0.2) is 5.82 Å². The van der Waals surface area contributed by atoms with Crippen molar-refractivity contribution in [2.75, 3.05) is 25.9 Å². The third kappa shape index (κ3) is 3.01. The molecule has 0 radical (unpaired) electrons. The molecular formula is C19H20N6O. The Kier molecular flexibility index (Phi) is 3.87. The highest BCUT2D eigenvalue weighted by atomic mass is 16.3. The Hall–Kier alpha value is -2.95. The molecular weight excluding hydrogens is 328 g/mol. The van der Waals surface area contributed by atoms with Crippen LogP contribution in [0.15, 0.2) is 30.5 Å². The molecule has 132 valence electrons. The van der Waals surface area contributed by atoms with Crippen molar-refractivity contribution in [2.45, 2.75) is 18.9 Å². The van der Waals surface area contributed by atoms with E-state index in [4.69, 9.17) is 5.73 Å². The first-order valence-corrected chi connectivity index (χ1v) is 8.46. The summed E-state index contributed by atoms with van der Waals surface area (Å²) in [5.41, 5.74) is 7.37. The van der Waals surface area contributed by atoms with Gasteiger partial charge < -0.3 is 15.7 Å². The summed E-state index contributed by atoms with van der Waals surface area (Å²) in [6, 6.07) is 7.67. The molecule has 1 aliphatic rings. The molecule has 0 aliphatic carbocycles. The summed E-state index contributed by atoms with van der Waals surface area (Å²) in [5.74, 6) is 6.96. The van der Waals surface area contributed by atoms with Gasteiger partial charge in [-0.25, -0.2) is 9.67 Å². The maximum Gasteiger partial charge on any atom is 0.221 e. The lowest BCUT2D eigenvalue weighted by Gasteiger charge is -2.14. The molecule has 3 heterocycles. The Morgan fingerprint density at radius 3 is 2.88 bits per heavy atom. The number of hydrogen-bond donors (Lipinski definition) is 2. The van der Waals surface area contributed by atoms with Gasteiger partial charge in [0.05, 0.1) is 11.2 Å². The van der Waals surface area contributed by atoms with Gasteiger partial charge in [-0.05, 0) is 32.2 Å². The first-order chi connectivity index (χ1) is 12.4. The van der Waals surface area contributed by atoms with Crippen molar-refractivity contribution in [1.82, 2.24) is 24.6 Å². The molecule has 2 aromatic heterocycles. The Morgan fingerprint density at radius 1 is 1.31 bits per heavy atom. The van der Waals surface area contributed by atoms with Gasteiger partial charge in [0.1, 0.15) is 5.60 Å². The van der Waals surface area contributed by atoms with Crippen LogP contribution < -0.4 is 5.73 Å². The number of β-amino-alcohol motifs (C(OH)–C–C–N with tert-alkyl or cyclic N) is 1. The molecule has 26 heavy (non-hydrogen) atoms. The van der Waals surface area contributed by atoms with Crippen LogP contribution in [0.3, 0.4) is 0 Å². The lowest BCUT2D eigenvalue weighted by molar-refractivity contribution is 0.112. The van der Waals surface area contributed by atoms with Gasteiger partial charge in [0, 0.05) is 42.7 Å². The number of rotatable bonds is 1. The number of aliphatic hydroxyl groups is 1. The summed E-state index contributed by atoms with van der Waals surface area (Å²) >= 11 is 0. The quantitative estimate of drug-likeness (QED) is 0.640. The van der Waals surface area contributed by atoms with E-state index in [1.54, 1.807) is 16.9 Å². The monoisotopic (exact) mass is 348 g/mol. The molecule has 0 amide bonds. The number of hydrogen-bond acceptors (Lipinski definition) is 6. The molecule has 3 N–H and O–H groups in total. The van der Waals surface area contributed by atoms with Crippen LogP contribution in [0, 0.1) is 18.8 Å². The number of fused-ring (bicyclic) bond motifs is 1. The summed E-state index contributed by atoms with van der Waals surface area (Å²) in [4.78, 5) is 10.3. The minimum atomic E-state index is -0.943. The van der Waals surface area contributed by atoms with Gasteiger partial charge >= 0.3 is 0 Å². The van der Waals surface area contributed by atoms with E-state index in [2.05, 4.69) is 31.8 Å². The first-order valence-electron chi connectivity index (χ1n) is 8.46. The molecule has 1 saturated heterocycles. The summed E-state index contributed by atoms with van der Waals surface area (Å²) in [6.45, 7) is 3.37. The zero-order valence-electron chi connectivity index (χ0n) is 14.8. The van der Waals surface area contributed by atoms with Crippen molar-refractivity contribution < 1.29 is 5.11 Å². The third-order valence-electron chi connectivity index (χ3n) is 4.62. The van der Waals surface area contributed by atoms with Crippen LogP contribution in [0.4, 0.5) is 5.95 Å². The van der Waals surface area contributed by atoms with E-state index in [1.165, 1.54) is 0 Å². The zero-order valence-corrected chi connectivity index (χ0v) is 14.8. The average molecular weight is 348 g/mol. The zero-order chi connectivity index (χ0) is 18.3. The average Bonchev–Trinajstić information content (AvgIpc) is 3.13. The number of nitrogens with zero attached hydrogens (tertiary/aromatic N) is 5. The van der Waals surface area contributed by atoms with Crippen LogP contribution in [-0.4, -0.2) is 55.5 Å². The maximum absolute atomic E-state index is 10.5. The minimum Gasteiger partial charge on any atom is -0.376 e. The lowest BCUT2D eigenvalue weighted by atomic mass is 10.0. The molecule has 1 aromatic carbocycles. The minimum absolute atomic E-state index is 0.201. The second-order valence-corrected chi connectivity index (χ2v) is 6.77. The molecule has 1 unspecified atom stereocenters. The smallest absolute Gasteiger partial charge is 0.221 e. The van der Waals surface area contributed by atoms with E-state index in [0.717, 1.165) is 28.7 Å². The van der Waals surface area contributed by atoms with E-state index < -0.39 is 5.60 Å². The number of aromatic nitrogens is 4. The lowest BCUT2D eigenvalue weighted by Crippen LogP contribution is -2.29. The van der Waals surface area contributed by atoms with Gasteiger partial charge in [0.25, 0.3) is 0 Å². The van der Waals surface area contributed by atoms with Crippen molar-refractivity contribution in [3.8, 4) is 17.7 Å². The fraction of sp³-hybridized carbons (Fsp3) is 0.316. The highest BCUT2D eigenvalue weighted by Gasteiger charge is 2.32. The van der Waals surface area contributed by atoms with Crippen LogP contribution >= 0.6 is 0 Å². The number of likely N-dealkylation sites (N-methyl/N-ethyl adjacent to an activating group) is 1. The molecule has 3 aromatic rings. The second kappa shape index (κ2) is 6.09. The number of likely N-dealkylation sites (tertiary alicyclic amines) is 1. The number of anilines is 1. The first kappa shape index (κ1) is 16.5. The summed E-state index contributed by atoms with van der Waals surface area (Å²) in [5, 5.41) is 16.1. The predicted molar refractivity (Wildman–Crippen MR) is 99.8 cm³/mol. The van der Waals surface area contributed by atoms with Gasteiger partial charge in [-0.1, -0.05) is 11.8 Å². The van der Waals surface area contributed by atoms with E-state index in [9.17, 15) is 5.11 Å². The molecule has 1 atom stereocenters. The van der Waals surface area contributed by atoms with Crippen LogP contribution in [-0.2, 0) is 0 Å². The SMILES string of the molecule is Cc1nn(-c2ccnc(N)n2)c2cc(C#CC3(O)CCN(C)C3)ccc12. The van der Waals surface area contributed by atoms with E-state index in [0.29, 0.717) is 18.8 Å². The van der Waals surface area contributed by atoms with Crippen molar-refractivity contribution in [1.29, 1.82) is 0 Å². The van der Waals surface area contributed by atoms with Gasteiger partial charge in [-0.2, -0.15) is 10.1 Å². The van der Waals surface area contributed by atoms with Gasteiger partial charge in [-0.3, -0.25) is 0 Å². The van der Waals surface area contributed by atoms with Gasteiger partial charge in [0.2, 0.25) is 5.95 Å². The Balaban J connectivity index is 1.77. The summed E-state index contributed by atoms with van der Waals surface area (Å²) in [7, 11) is 1.99. The molecule has 0 saturated carbocycles. The molecule has 0 bridgehead atoms. The molecule has 1 aliphatic heterocycles. The van der Waals surface area contributed by atoms with Crippen LogP contribution in [0.2, 0.25) is 0 Å². The van der Waals surface area contributed by atoms with Crippen LogP contribution in [0.5, 0.6) is 0 Å². The summed E-state index contributed by atoms with van der Waals surface area (Å²) in [6.07, 6.45) is 2.27.